The molecule has 10 rings (SSSR count). The van der Waals surface area contributed by atoms with Crippen LogP contribution < -0.4 is 10.7 Å². The van der Waals surface area contributed by atoms with E-state index in [0.717, 1.165) is 52.1 Å². The predicted molar refractivity (Wildman–Crippen MR) is 244 cm³/mol. The Morgan fingerprint density at radius 2 is 1.86 bits per heavy atom. The van der Waals surface area contributed by atoms with Crippen LogP contribution >= 0.6 is 11.3 Å². The van der Waals surface area contributed by atoms with Crippen LogP contribution in [0.1, 0.15) is 103 Å². The van der Waals surface area contributed by atoms with E-state index in [2.05, 4.69) is 60.3 Å². The predicted octanol–water partition coefficient (Wildman–Crippen LogP) is 6.88. The highest BCUT2D eigenvalue weighted by Crippen LogP contribution is 2.50. The van der Waals surface area contributed by atoms with Gasteiger partial charge in [0, 0.05) is 78.9 Å². The lowest BCUT2D eigenvalue weighted by atomic mass is 9.71. The maximum absolute atomic E-state index is 15.2. The SMILES string of the molecule is CCO[C@@H]1c2nc(cs2)-c2ccc3c(c2)c(c(-c2cccnc2[C@H](C)OC)n3CC)CC(C)(C)COC(=O)[C@@H]2CCCN(N2)C(=O)[C@@]1(C)NC(=O)[C@@H]1[C@@H](C)[C@H]1C(=O)N1CC2CC(C2)C1. The number of carbonyl (C=O) groups excluding carboxylic acids is 4. The molecule has 342 valence electrons. The molecule has 7 heterocycles. The lowest BCUT2D eigenvalue weighted by Crippen LogP contribution is -2.67. The summed E-state index contributed by atoms with van der Waals surface area (Å²) in [5, 5.41) is 8.15. The Labute approximate surface area is 379 Å². The number of carbonyl (C=O) groups is 4. The Morgan fingerprint density at radius 1 is 1.09 bits per heavy atom. The number of esters is 1. The number of rotatable bonds is 9. The van der Waals surface area contributed by atoms with Gasteiger partial charge in [-0.05, 0) is 107 Å². The lowest BCUT2D eigenvalue weighted by molar-refractivity contribution is -0.160. The highest BCUT2D eigenvalue weighted by atomic mass is 32.1. The molecule has 5 fully saturated rings. The van der Waals surface area contributed by atoms with Crippen molar-refractivity contribution < 1.29 is 33.4 Å². The Bertz CT molecular complexity index is 2450. The monoisotopic (exact) mass is 893 g/mol. The van der Waals surface area contributed by atoms with Crippen molar-refractivity contribution in [2.45, 2.75) is 111 Å². The molecule has 4 aliphatic heterocycles. The van der Waals surface area contributed by atoms with Crippen LogP contribution in [0, 0.1) is 35.0 Å². The number of aromatic nitrogens is 3. The fraction of sp³-hybridized carbons (Fsp3) is 0.592. The van der Waals surface area contributed by atoms with E-state index < -0.39 is 46.8 Å². The summed E-state index contributed by atoms with van der Waals surface area (Å²) >= 11 is 1.38. The molecule has 0 radical (unpaired) electrons. The summed E-state index contributed by atoms with van der Waals surface area (Å²) in [7, 11) is 1.69. The number of hydrazine groups is 1. The molecular formula is C49H63N7O7S. The Kier molecular flexibility index (Phi) is 12.0. The van der Waals surface area contributed by atoms with Gasteiger partial charge in [-0.25, -0.2) is 10.4 Å². The summed E-state index contributed by atoms with van der Waals surface area (Å²) in [6.07, 6.45) is 4.48. The van der Waals surface area contributed by atoms with E-state index in [0.29, 0.717) is 54.9 Å². The largest absolute Gasteiger partial charge is 0.464 e. The van der Waals surface area contributed by atoms with E-state index in [1.807, 2.05) is 37.1 Å². The van der Waals surface area contributed by atoms with Crippen molar-refractivity contribution in [2.24, 2.45) is 35.0 Å². The molecule has 2 saturated carbocycles. The molecule has 1 aromatic carbocycles. The zero-order valence-corrected chi connectivity index (χ0v) is 39.3. The average Bonchev–Trinajstić information content (AvgIpc) is 3.57. The van der Waals surface area contributed by atoms with Crippen molar-refractivity contribution >= 4 is 45.9 Å². The lowest BCUT2D eigenvalue weighted by Gasteiger charge is -2.47. The van der Waals surface area contributed by atoms with Gasteiger partial charge < -0.3 is 29.0 Å². The number of amides is 3. The number of methoxy groups -OCH3 is 1. The second-order valence-electron chi connectivity index (χ2n) is 19.8. The topological polar surface area (TPSA) is 157 Å². The molecule has 15 heteroatoms. The summed E-state index contributed by atoms with van der Waals surface area (Å²) in [4.78, 5) is 69.5. The van der Waals surface area contributed by atoms with Crippen LogP contribution in [0.3, 0.4) is 0 Å². The van der Waals surface area contributed by atoms with Gasteiger partial charge >= 0.3 is 5.97 Å². The molecule has 64 heavy (non-hydrogen) atoms. The van der Waals surface area contributed by atoms with Gasteiger partial charge in [0.1, 0.15) is 17.2 Å². The highest BCUT2D eigenvalue weighted by molar-refractivity contribution is 7.10. The third kappa shape index (κ3) is 7.93. The van der Waals surface area contributed by atoms with Gasteiger partial charge in [-0.2, -0.15) is 0 Å². The molecule has 3 saturated heterocycles. The van der Waals surface area contributed by atoms with Gasteiger partial charge in [0.25, 0.3) is 5.91 Å². The molecule has 0 unspecified atom stereocenters. The maximum atomic E-state index is 15.2. The summed E-state index contributed by atoms with van der Waals surface area (Å²) in [5.41, 5.74) is 7.62. The number of hydrogen-bond donors (Lipinski definition) is 2. The van der Waals surface area contributed by atoms with E-state index in [1.165, 1.54) is 29.2 Å². The van der Waals surface area contributed by atoms with Crippen LogP contribution in [0.25, 0.3) is 33.4 Å². The van der Waals surface area contributed by atoms with Crippen LogP contribution in [0.5, 0.6) is 0 Å². The van der Waals surface area contributed by atoms with Crippen molar-refractivity contribution in [1.29, 1.82) is 0 Å². The molecule has 14 nitrogen and oxygen atoms in total. The highest BCUT2D eigenvalue weighted by Gasteiger charge is 2.60. The number of nitrogens with one attached hydrogen (secondary N) is 2. The van der Waals surface area contributed by atoms with Gasteiger partial charge in [-0.3, -0.25) is 29.2 Å². The first-order valence-electron chi connectivity index (χ1n) is 23.2. The van der Waals surface area contributed by atoms with Crippen molar-refractivity contribution in [3.05, 3.63) is 58.2 Å². The Hall–Kier alpha value is -4.70. The van der Waals surface area contributed by atoms with E-state index >= 15 is 4.79 Å². The number of fused-ring (bicyclic) bond motifs is 8. The summed E-state index contributed by atoms with van der Waals surface area (Å²) in [6, 6.07) is 9.66. The van der Waals surface area contributed by atoms with E-state index in [-0.39, 0.29) is 37.0 Å². The third-order valence-corrected chi connectivity index (χ3v) is 15.5. The van der Waals surface area contributed by atoms with Crippen molar-refractivity contribution in [1.82, 2.24) is 35.2 Å². The molecule has 7 atom stereocenters. The molecule has 8 bridgehead atoms. The number of ether oxygens (including phenoxy) is 3. The zero-order chi connectivity index (χ0) is 45.2. The maximum Gasteiger partial charge on any atom is 0.324 e. The average molecular weight is 894 g/mol. The number of benzene rings is 1. The molecule has 3 aromatic heterocycles. The van der Waals surface area contributed by atoms with E-state index in [1.54, 1.807) is 20.2 Å². The minimum Gasteiger partial charge on any atom is -0.464 e. The van der Waals surface area contributed by atoms with Crippen LogP contribution in [0.4, 0.5) is 0 Å². The fourth-order valence-corrected chi connectivity index (χ4v) is 12.0. The van der Waals surface area contributed by atoms with Gasteiger partial charge in [0.05, 0.1) is 41.6 Å². The molecule has 2 N–H and O–H groups in total. The first-order valence-corrected chi connectivity index (χ1v) is 24.1. The summed E-state index contributed by atoms with van der Waals surface area (Å²) in [5.74, 6) is -1.34. The Balaban J connectivity index is 1.14. The van der Waals surface area contributed by atoms with Crippen LogP contribution in [-0.4, -0.2) is 99.7 Å². The van der Waals surface area contributed by atoms with Gasteiger partial charge in [0.2, 0.25) is 11.8 Å². The number of piperidine rings is 2. The van der Waals surface area contributed by atoms with E-state index in [9.17, 15) is 14.4 Å². The summed E-state index contributed by atoms with van der Waals surface area (Å²) < 4.78 is 20.8. The van der Waals surface area contributed by atoms with Crippen molar-refractivity contribution in [3.8, 4) is 22.5 Å². The fourth-order valence-electron chi connectivity index (χ4n) is 11.0. The van der Waals surface area contributed by atoms with Gasteiger partial charge in [-0.15, -0.1) is 11.3 Å². The number of hydrogen-bond acceptors (Lipinski definition) is 11. The quantitative estimate of drug-likeness (QED) is 0.170. The second kappa shape index (κ2) is 17.3. The second-order valence-corrected chi connectivity index (χ2v) is 20.7. The van der Waals surface area contributed by atoms with Crippen LogP contribution in [-0.2, 0) is 46.4 Å². The van der Waals surface area contributed by atoms with Crippen LogP contribution in [0.2, 0.25) is 0 Å². The minimum atomic E-state index is -1.68. The molecule has 4 aromatic rings. The normalized spacial score (nSPS) is 29.4. The van der Waals surface area contributed by atoms with Gasteiger partial charge in [0.15, 0.2) is 5.54 Å². The number of pyridine rings is 1. The van der Waals surface area contributed by atoms with Crippen molar-refractivity contribution in [2.75, 3.05) is 40.0 Å². The minimum absolute atomic E-state index is 0.0309. The first kappa shape index (κ1) is 44.5. The third-order valence-electron chi connectivity index (χ3n) is 14.6. The number of aryl methyl sites for hydroxylation is 1. The number of cyclic esters (lactones) is 1. The van der Waals surface area contributed by atoms with Crippen molar-refractivity contribution in [3.63, 3.8) is 0 Å². The van der Waals surface area contributed by atoms with Gasteiger partial charge in [-0.1, -0.05) is 26.8 Å². The summed E-state index contributed by atoms with van der Waals surface area (Å²) in [6.45, 7) is 16.7. The number of thiazole rings is 1. The molecule has 3 amide bonds. The molecular weight excluding hydrogens is 831 g/mol. The zero-order valence-electron chi connectivity index (χ0n) is 38.4. The Morgan fingerprint density at radius 3 is 2.58 bits per heavy atom. The standard InChI is InChI=1S/C49H63N7O7S/c1-9-55-37-16-15-31-21-33(37)34(41(55)32-13-11-17-50-40(32)28(4)61-8)22-48(5,6)26-63-46(59)35-14-12-18-56(53-35)47(60)49(7,42(62-10-2)44-51-36(31)25-64-44)52-43(57)38-27(3)39(38)45(58)54-23-29-19-30(20-29)24-54/h11,13,15-17,21,25,27-30,35,38-39,42,53H,9-10,12,14,18-20,22-24,26H2,1-8H3,(H,52,57)/t27-,28+,29?,30?,35+,38-,39-,42-,49+/m1/s1. The van der Waals surface area contributed by atoms with Crippen LogP contribution in [0.15, 0.2) is 41.9 Å². The number of nitrogens with zero attached hydrogens (tertiary/aromatic N) is 5. The molecule has 2 aliphatic carbocycles. The smallest absolute Gasteiger partial charge is 0.324 e. The van der Waals surface area contributed by atoms with E-state index in [4.69, 9.17) is 24.2 Å². The molecule has 0 spiro atoms. The first-order chi connectivity index (χ1) is 30.7. The molecule has 6 aliphatic rings.